The maximum atomic E-state index is 12.3. The molecular formula is C13H14BrNO3S. The van der Waals surface area contributed by atoms with E-state index in [-0.39, 0.29) is 11.0 Å². The summed E-state index contributed by atoms with van der Waals surface area (Å²) >= 11 is 3.35. The van der Waals surface area contributed by atoms with Gasteiger partial charge in [0.25, 0.3) is 0 Å². The van der Waals surface area contributed by atoms with Crippen LogP contribution in [0.1, 0.15) is 31.4 Å². The molecule has 1 aliphatic rings. The van der Waals surface area contributed by atoms with Crippen LogP contribution >= 0.6 is 15.9 Å². The average molecular weight is 344 g/mol. The molecule has 1 aromatic heterocycles. The molecule has 0 saturated heterocycles. The average Bonchev–Trinajstić information content (AvgIpc) is 2.98. The largest absolute Gasteiger partial charge is 0.356 e. The van der Waals surface area contributed by atoms with Crippen LogP contribution in [-0.2, 0) is 15.6 Å². The summed E-state index contributed by atoms with van der Waals surface area (Å²) in [6, 6.07) is 5.51. The Hall–Kier alpha value is -0.880. The van der Waals surface area contributed by atoms with Gasteiger partial charge in [-0.15, -0.1) is 0 Å². The first-order valence-corrected chi connectivity index (χ1v) is 8.82. The van der Waals surface area contributed by atoms with Gasteiger partial charge in [-0.3, -0.25) is 0 Å². The van der Waals surface area contributed by atoms with Gasteiger partial charge in [-0.2, -0.15) is 0 Å². The second-order valence-corrected chi connectivity index (χ2v) is 8.18. The molecule has 6 heteroatoms. The first-order chi connectivity index (χ1) is 9.06. The molecule has 1 saturated carbocycles. The van der Waals surface area contributed by atoms with Gasteiger partial charge in [0.05, 0.1) is 11.0 Å². The summed E-state index contributed by atoms with van der Waals surface area (Å²) in [6.07, 6.45) is 3.58. The van der Waals surface area contributed by atoms with E-state index < -0.39 is 9.84 Å². The predicted octanol–water partition coefficient (Wildman–Crippen LogP) is 3.45. The number of halogens is 1. The fourth-order valence-electron chi connectivity index (χ4n) is 2.62. The molecule has 0 bridgehead atoms. The molecule has 1 aromatic carbocycles. The Balaban J connectivity index is 1.93. The van der Waals surface area contributed by atoms with E-state index in [9.17, 15) is 8.42 Å². The lowest BCUT2D eigenvalue weighted by Crippen LogP contribution is -2.19. The summed E-state index contributed by atoms with van der Waals surface area (Å²) in [5, 5.41) is 4.50. The Kier molecular flexibility index (Phi) is 3.39. The van der Waals surface area contributed by atoms with Crippen LogP contribution in [0.15, 0.2) is 27.2 Å². The summed E-state index contributed by atoms with van der Waals surface area (Å²) < 4.78 is 30.7. The third-order valence-corrected chi connectivity index (χ3v) is 6.31. The molecule has 19 heavy (non-hydrogen) atoms. The highest BCUT2D eigenvalue weighted by atomic mass is 79.9. The van der Waals surface area contributed by atoms with E-state index >= 15 is 0 Å². The molecule has 0 radical (unpaired) electrons. The quantitative estimate of drug-likeness (QED) is 0.856. The van der Waals surface area contributed by atoms with E-state index in [1.807, 2.05) is 12.1 Å². The van der Waals surface area contributed by atoms with Crippen molar-refractivity contribution in [3.8, 4) is 0 Å². The summed E-state index contributed by atoms with van der Waals surface area (Å²) in [7, 11) is -3.12. The van der Waals surface area contributed by atoms with Crippen LogP contribution in [0.2, 0.25) is 0 Å². The van der Waals surface area contributed by atoms with Crippen molar-refractivity contribution in [1.29, 1.82) is 0 Å². The summed E-state index contributed by atoms with van der Waals surface area (Å²) in [5.41, 5.74) is 1.14. The summed E-state index contributed by atoms with van der Waals surface area (Å²) in [4.78, 5) is 0. The van der Waals surface area contributed by atoms with Crippen molar-refractivity contribution in [1.82, 2.24) is 5.16 Å². The van der Waals surface area contributed by atoms with Gasteiger partial charge in [0.2, 0.25) is 0 Å². The van der Waals surface area contributed by atoms with Crippen molar-refractivity contribution in [2.24, 2.45) is 0 Å². The van der Waals surface area contributed by atoms with Gasteiger partial charge in [0.1, 0.15) is 5.69 Å². The molecule has 1 fully saturated rings. The Morgan fingerprint density at radius 1 is 1.32 bits per heavy atom. The molecule has 2 aromatic rings. The molecule has 0 N–H and O–H groups in total. The van der Waals surface area contributed by atoms with Gasteiger partial charge in [0, 0.05) is 9.86 Å². The Morgan fingerprint density at radius 2 is 2.05 bits per heavy atom. The molecule has 102 valence electrons. The summed E-state index contributed by atoms with van der Waals surface area (Å²) in [6.45, 7) is 0. The normalized spacial score (nSPS) is 17.3. The number of benzene rings is 1. The maximum Gasteiger partial charge on any atom is 0.168 e. The minimum absolute atomic E-state index is 0.0215. The van der Waals surface area contributed by atoms with Crippen LogP contribution in [0.25, 0.3) is 11.0 Å². The number of fused-ring (bicyclic) bond motifs is 1. The molecule has 0 aliphatic heterocycles. The van der Waals surface area contributed by atoms with Gasteiger partial charge >= 0.3 is 0 Å². The molecule has 0 spiro atoms. The van der Waals surface area contributed by atoms with E-state index in [2.05, 4.69) is 21.1 Å². The minimum Gasteiger partial charge on any atom is -0.356 e. The van der Waals surface area contributed by atoms with Crippen LogP contribution in [0, 0.1) is 0 Å². The zero-order valence-corrected chi connectivity index (χ0v) is 12.7. The SMILES string of the molecule is O=S(=O)(Cc1noc2cc(Br)ccc12)C1CCCC1. The zero-order chi connectivity index (χ0) is 13.5. The molecule has 0 unspecified atom stereocenters. The Bertz CT molecular complexity index is 702. The van der Waals surface area contributed by atoms with Crippen molar-refractivity contribution < 1.29 is 12.9 Å². The van der Waals surface area contributed by atoms with Gasteiger partial charge in [-0.1, -0.05) is 33.9 Å². The van der Waals surface area contributed by atoms with Crippen molar-refractivity contribution in [2.45, 2.75) is 36.7 Å². The van der Waals surface area contributed by atoms with Crippen molar-refractivity contribution in [3.05, 3.63) is 28.4 Å². The van der Waals surface area contributed by atoms with Gasteiger partial charge in [0.15, 0.2) is 15.4 Å². The van der Waals surface area contributed by atoms with E-state index in [0.29, 0.717) is 11.3 Å². The van der Waals surface area contributed by atoms with Gasteiger partial charge in [-0.25, -0.2) is 8.42 Å². The molecular weight excluding hydrogens is 330 g/mol. The topological polar surface area (TPSA) is 60.2 Å². The lowest BCUT2D eigenvalue weighted by molar-refractivity contribution is 0.448. The van der Waals surface area contributed by atoms with Crippen LogP contribution in [0.4, 0.5) is 0 Å². The molecule has 1 aliphatic carbocycles. The molecule has 0 atom stereocenters. The molecule has 3 rings (SSSR count). The number of nitrogens with zero attached hydrogens (tertiary/aromatic N) is 1. The highest BCUT2D eigenvalue weighted by Crippen LogP contribution is 2.29. The van der Waals surface area contributed by atoms with E-state index in [1.165, 1.54) is 0 Å². The third kappa shape index (κ3) is 2.56. The fourth-order valence-corrected chi connectivity index (χ4v) is 4.84. The van der Waals surface area contributed by atoms with Crippen LogP contribution in [0.3, 0.4) is 0 Å². The zero-order valence-electron chi connectivity index (χ0n) is 10.3. The smallest absolute Gasteiger partial charge is 0.168 e. The van der Waals surface area contributed by atoms with Crippen LogP contribution in [-0.4, -0.2) is 18.8 Å². The predicted molar refractivity (Wildman–Crippen MR) is 76.6 cm³/mol. The Morgan fingerprint density at radius 3 is 2.79 bits per heavy atom. The number of rotatable bonds is 3. The highest BCUT2D eigenvalue weighted by molar-refractivity contribution is 9.10. The number of hydrogen-bond acceptors (Lipinski definition) is 4. The molecule has 4 nitrogen and oxygen atoms in total. The minimum atomic E-state index is -3.12. The van der Waals surface area contributed by atoms with Gasteiger partial charge < -0.3 is 4.52 Å². The first-order valence-electron chi connectivity index (χ1n) is 6.32. The van der Waals surface area contributed by atoms with Crippen LogP contribution in [0.5, 0.6) is 0 Å². The monoisotopic (exact) mass is 343 g/mol. The van der Waals surface area contributed by atoms with E-state index in [0.717, 1.165) is 35.5 Å². The maximum absolute atomic E-state index is 12.3. The lowest BCUT2D eigenvalue weighted by Gasteiger charge is -2.09. The Labute approximate surface area is 120 Å². The number of aromatic nitrogens is 1. The second-order valence-electron chi connectivity index (χ2n) is 4.98. The van der Waals surface area contributed by atoms with E-state index in [1.54, 1.807) is 6.07 Å². The standard InChI is InChI=1S/C13H14BrNO3S/c14-9-5-6-11-12(15-18-13(11)7-9)8-19(16,17)10-3-1-2-4-10/h5-7,10H,1-4,8H2. The van der Waals surface area contributed by atoms with Crippen molar-refractivity contribution >= 4 is 36.7 Å². The molecule has 0 amide bonds. The fraction of sp³-hybridized carbons (Fsp3) is 0.462. The lowest BCUT2D eigenvalue weighted by atomic mass is 10.2. The molecule has 1 heterocycles. The number of sulfone groups is 1. The first kappa shape index (κ1) is 13.1. The van der Waals surface area contributed by atoms with Gasteiger partial charge in [-0.05, 0) is 31.0 Å². The summed E-state index contributed by atoms with van der Waals surface area (Å²) in [5.74, 6) is -0.0215. The van der Waals surface area contributed by atoms with Crippen molar-refractivity contribution in [2.75, 3.05) is 0 Å². The van der Waals surface area contributed by atoms with E-state index in [4.69, 9.17) is 4.52 Å². The van der Waals surface area contributed by atoms with Crippen LogP contribution < -0.4 is 0 Å². The third-order valence-electron chi connectivity index (χ3n) is 3.66. The second kappa shape index (κ2) is 4.90. The highest BCUT2D eigenvalue weighted by Gasteiger charge is 2.30. The van der Waals surface area contributed by atoms with Crippen molar-refractivity contribution in [3.63, 3.8) is 0 Å². The number of hydrogen-bond donors (Lipinski definition) is 0.